The van der Waals surface area contributed by atoms with Crippen molar-refractivity contribution in [1.82, 2.24) is 10.2 Å². The van der Waals surface area contributed by atoms with Crippen LogP contribution in [-0.2, 0) is 0 Å². The number of hydrogen-bond acceptors (Lipinski definition) is 1. The van der Waals surface area contributed by atoms with Crippen LogP contribution in [0.4, 0.5) is 0 Å². The van der Waals surface area contributed by atoms with Crippen LogP contribution in [-0.4, -0.2) is 29.1 Å². The van der Waals surface area contributed by atoms with Gasteiger partial charge in [0.15, 0.2) is 5.11 Å². The average Bonchev–Trinajstić information content (AvgIpc) is 1.98. The highest BCUT2D eigenvalue weighted by Crippen LogP contribution is 1.93. The van der Waals surface area contributed by atoms with Gasteiger partial charge in [-0.2, -0.15) is 0 Å². The third-order valence-electron chi connectivity index (χ3n) is 1.57. The van der Waals surface area contributed by atoms with Gasteiger partial charge in [-0.05, 0) is 39.4 Å². The van der Waals surface area contributed by atoms with E-state index in [4.69, 9.17) is 12.2 Å². The molecular formula is C9H20N2S. The number of nitrogens with zero attached hydrogens (tertiary/aromatic N) is 1. The second-order valence-corrected chi connectivity index (χ2v) is 3.57. The van der Waals surface area contributed by atoms with Crippen LogP contribution in [0.15, 0.2) is 0 Å². The van der Waals surface area contributed by atoms with Crippen LogP contribution >= 0.6 is 12.2 Å². The van der Waals surface area contributed by atoms with E-state index in [1.165, 1.54) is 0 Å². The highest BCUT2D eigenvalue weighted by molar-refractivity contribution is 7.80. The summed E-state index contributed by atoms with van der Waals surface area (Å²) < 4.78 is 0. The van der Waals surface area contributed by atoms with Crippen LogP contribution in [0, 0.1) is 0 Å². The SMILES string of the molecule is CCCN(CC)C(=S)NC(C)C. The fraction of sp³-hybridized carbons (Fsp3) is 0.889. The van der Waals surface area contributed by atoms with Crippen molar-refractivity contribution in [3.8, 4) is 0 Å². The number of hydrogen-bond donors (Lipinski definition) is 1. The molecule has 0 amide bonds. The lowest BCUT2D eigenvalue weighted by atomic mass is 10.4. The molecule has 0 aromatic rings. The van der Waals surface area contributed by atoms with Crippen molar-refractivity contribution in [2.24, 2.45) is 0 Å². The molecule has 72 valence electrons. The monoisotopic (exact) mass is 188 g/mol. The largest absolute Gasteiger partial charge is 0.360 e. The summed E-state index contributed by atoms with van der Waals surface area (Å²) in [5.74, 6) is 0. The van der Waals surface area contributed by atoms with Crippen LogP contribution in [0.3, 0.4) is 0 Å². The zero-order valence-corrected chi connectivity index (χ0v) is 9.37. The third kappa shape index (κ3) is 4.54. The summed E-state index contributed by atoms with van der Waals surface area (Å²) in [6.45, 7) is 10.5. The molecule has 3 heteroatoms. The standard InChI is InChI=1S/C9H20N2S/c1-5-7-11(6-2)9(12)10-8(3)4/h8H,5-7H2,1-4H3,(H,10,12). The Morgan fingerprint density at radius 3 is 2.33 bits per heavy atom. The van der Waals surface area contributed by atoms with Gasteiger partial charge in [0.1, 0.15) is 0 Å². The molecule has 1 N–H and O–H groups in total. The first kappa shape index (κ1) is 11.7. The van der Waals surface area contributed by atoms with Crippen LogP contribution in [0.2, 0.25) is 0 Å². The zero-order valence-electron chi connectivity index (χ0n) is 8.55. The topological polar surface area (TPSA) is 15.3 Å². The summed E-state index contributed by atoms with van der Waals surface area (Å²) in [4.78, 5) is 2.19. The lowest BCUT2D eigenvalue weighted by Crippen LogP contribution is -2.42. The normalized spacial score (nSPS) is 10.1. The van der Waals surface area contributed by atoms with Gasteiger partial charge in [-0.1, -0.05) is 6.92 Å². The van der Waals surface area contributed by atoms with Crippen molar-refractivity contribution < 1.29 is 0 Å². The molecule has 2 nitrogen and oxygen atoms in total. The quantitative estimate of drug-likeness (QED) is 0.679. The van der Waals surface area contributed by atoms with E-state index in [0.29, 0.717) is 6.04 Å². The van der Waals surface area contributed by atoms with Gasteiger partial charge in [-0.25, -0.2) is 0 Å². The van der Waals surface area contributed by atoms with Crippen molar-refractivity contribution >= 4 is 17.3 Å². The summed E-state index contributed by atoms with van der Waals surface area (Å²) in [5, 5.41) is 4.12. The van der Waals surface area contributed by atoms with Crippen LogP contribution in [0.1, 0.15) is 34.1 Å². The Balaban J connectivity index is 3.85. The van der Waals surface area contributed by atoms with Crippen molar-refractivity contribution in [3.05, 3.63) is 0 Å². The maximum atomic E-state index is 5.23. The minimum atomic E-state index is 0.434. The van der Waals surface area contributed by atoms with Crippen molar-refractivity contribution in [1.29, 1.82) is 0 Å². The molecule has 0 heterocycles. The first-order valence-corrected chi connectivity index (χ1v) is 5.08. The summed E-state index contributed by atoms with van der Waals surface area (Å²) in [6, 6.07) is 0.434. The van der Waals surface area contributed by atoms with Crippen molar-refractivity contribution in [3.63, 3.8) is 0 Å². The molecule has 0 atom stereocenters. The molecule has 0 spiro atoms. The number of thiocarbonyl (C=S) groups is 1. The van der Waals surface area contributed by atoms with Gasteiger partial charge in [-0.3, -0.25) is 0 Å². The van der Waals surface area contributed by atoms with Crippen molar-refractivity contribution in [2.75, 3.05) is 13.1 Å². The van der Waals surface area contributed by atoms with Gasteiger partial charge in [0.25, 0.3) is 0 Å². The minimum Gasteiger partial charge on any atom is -0.360 e. The molecule has 0 saturated carbocycles. The lowest BCUT2D eigenvalue weighted by molar-refractivity contribution is 0.426. The van der Waals surface area contributed by atoms with E-state index in [1.807, 2.05) is 0 Å². The zero-order chi connectivity index (χ0) is 9.56. The predicted octanol–water partition coefficient (Wildman–Crippen LogP) is 2.00. The summed E-state index contributed by atoms with van der Waals surface area (Å²) in [5.41, 5.74) is 0. The molecule has 0 saturated heterocycles. The molecule has 0 fully saturated rings. The maximum absolute atomic E-state index is 5.23. The van der Waals surface area contributed by atoms with E-state index in [1.54, 1.807) is 0 Å². The summed E-state index contributed by atoms with van der Waals surface area (Å²) >= 11 is 5.23. The highest BCUT2D eigenvalue weighted by Gasteiger charge is 2.05. The van der Waals surface area contributed by atoms with E-state index in [0.717, 1.165) is 24.6 Å². The molecule has 0 aliphatic heterocycles. The first-order chi connectivity index (χ1) is 5.61. The summed E-state index contributed by atoms with van der Waals surface area (Å²) in [6.07, 6.45) is 1.15. The molecule has 0 aliphatic carbocycles. The van der Waals surface area contributed by atoms with Gasteiger partial charge < -0.3 is 10.2 Å². The van der Waals surface area contributed by atoms with Gasteiger partial charge in [0.2, 0.25) is 0 Å². The van der Waals surface area contributed by atoms with Crippen LogP contribution in [0.5, 0.6) is 0 Å². The Kier molecular flexibility index (Phi) is 6.07. The molecule has 0 bridgehead atoms. The second kappa shape index (κ2) is 6.23. The molecule has 12 heavy (non-hydrogen) atoms. The minimum absolute atomic E-state index is 0.434. The Morgan fingerprint density at radius 1 is 1.42 bits per heavy atom. The average molecular weight is 188 g/mol. The highest BCUT2D eigenvalue weighted by atomic mass is 32.1. The van der Waals surface area contributed by atoms with E-state index < -0.39 is 0 Å². The van der Waals surface area contributed by atoms with Gasteiger partial charge in [-0.15, -0.1) is 0 Å². The molecule has 0 radical (unpaired) electrons. The molecular weight excluding hydrogens is 168 g/mol. The fourth-order valence-corrected chi connectivity index (χ4v) is 1.47. The van der Waals surface area contributed by atoms with E-state index in [9.17, 15) is 0 Å². The first-order valence-electron chi connectivity index (χ1n) is 4.67. The smallest absolute Gasteiger partial charge is 0.169 e. The molecule has 0 aromatic heterocycles. The molecule has 0 unspecified atom stereocenters. The molecule has 0 rings (SSSR count). The summed E-state index contributed by atoms with van der Waals surface area (Å²) in [7, 11) is 0. The van der Waals surface area contributed by atoms with Gasteiger partial charge in [0.05, 0.1) is 0 Å². The van der Waals surface area contributed by atoms with Crippen LogP contribution < -0.4 is 5.32 Å². The van der Waals surface area contributed by atoms with E-state index in [2.05, 4.69) is 37.9 Å². The Bertz CT molecular complexity index is 134. The van der Waals surface area contributed by atoms with Gasteiger partial charge >= 0.3 is 0 Å². The van der Waals surface area contributed by atoms with E-state index >= 15 is 0 Å². The molecule has 0 aliphatic rings. The third-order valence-corrected chi connectivity index (χ3v) is 1.95. The number of nitrogens with one attached hydrogen (secondary N) is 1. The molecule has 0 aromatic carbocycles. The van der Waals surface area contributed by atoms with E-state index in [-0.39, 0.29) is 0 Å². The Morgan fingerprint density at radius 2 is 2.00 bits per heavy atom. The predicted molar refractivity (Wildman–Crippen MR) is 58.4 cm³/mol. The Hall–Kier alpha value is -0.310. The van der Waals surface area contributed by atoms with Crippen molar-refractivity contribution in [2.45, 2.75) is 40.2 Å². The second-order valence-electron chi connectivity index (χ2n) is 3.18. The maximum Gasteiger partial charge on any atom is 0.169 e. The lowest BCUT2D eigenvalue weighted by Gasteiger charge is -2.25. The van der Waals surface area contributed by atoms with Crippen LogP contribution in [0.25, 0.3) is 0 Å². The fourth-order valence-electron chi connectivity index (χ4n) is 1.01. The Labute approximate surface area is 81.3 Å². The number of rotatable bonds is 4. The van der Waals surface area contributed by atoms with Gasteiger partial charge in [0, 0.05) is 19.1 Å².